The number of aromatic nitrogens is 2. The number of pyridine rings is 2. The van der Waals surface area contributed by atoms with Gasteiger partial charge in [0.1, 0.15) is 5.82 Å². The SMILES string of the molecule is O=C(Nc1cc(C(F)(F)F)ccc1N1CCCCCC1)c1ccnc(-c2cc(F)cc(NC(=O)c3ccncc3)c2N2CCCCCC2)c1. The molecule has 0 spiro atoms. The first kappa shape index (κ1) is 33.9. The summed E-state index contributed by atoms with van der Waals surface area (Å²) in [5.74, 6) is -1.67. The second-order valence-corrected chi connectivity index (χ2v) is 12.5. The van der Waals surface area contributed by atoms with Crippen molar-refractivity contribution in [2.45, 2.75) is 57.5 Å². The number of carbonyl (C=O) groups is 2. The molecule has 6 rings (SSSR count). The molecule has 2 aliphatic rings. The molecular weight excluding hydrogens is 636 g/mol. The number of alkyl halides is 3. The highest BCUT2D eigenvalue weighted by Gasteiger charge is 2.32. The molecule has 0 unspecified atom stereocenters. The van der Waals surface area contributed by atoms with E-state index in [2.05, 4.69) is 25.5 Å². The first-order valence-corrected chi connectivity index (χ1v) is 16.7. The van der Waals surface area contributed by atoms with E-state index >= 15 is 4.39 Å². The lowest BCUT2D eigenvalue weighted by Crippen LogP contribution is -2.27. The van der Waals surface area contributed by atoms with Crippen LogP contribution in [0.2, 0.25) is 0 Å². The predicted molar refractivity (Wildman–Crippen MR) is 183 cm³/mol. The van der Waals surface area contributed by atoms with E-state index in [1.54, 1.807) is 12.1 Å². The van der Waals surface area contributed by atoms with Gasteiger partial charge in [0.15, 0.2) is 0 Å². The van der Waals surface area contributed by atoms with Crippen molar-refractivity contribution in [1.82, 2.24) is 9.97 Å². The Bertz CT molecular complexity index is 1780. The third kappa shape index (κ3) is 8.18. The Kier molecular flexibility index (Phi) is 10.4. The fourth-order valence-electron chi connectivity index (χ4n) is 6.54. The van der Waals surface area contributed by atoms with Crippen molar-refractivity contribution >= 4 is 34.6 Å². The lowest BCUT2D eigenvalue weighted by Gasteiger charge is -2.28. The Morgan fingerprint density at radius 1 is 0.653 bits per heavy atom. The molecule has 0 saturated carbocycles. The van der Waals surface area contributed by atoms with Gasteiger partial charge < -0.3 is 20.4 Å². The van der Waals surface area contributed by atoms with Gasteiger partial charge in [-0.25, -0.2) is 4.39 Å². The van der Waals surface area contributed by atoms with Gasteiger partial charge in [0.25, 0.3) is 11.8 Å². The van der Waals surface area contributed by atoms with Crippen LogP contribution >= 0.6 is 0 Å². The van der Waals surface area contributed by atoms with Crippen LogP contribution in [-0.2, 0) is 6.18 Å². The maximum absolute atomic E-state index is 15.3. The number of hydrogen-bond acceptors (Lipinski definition) is 6. The molecule has 4 heterocycles. The van der Waals surface area contributed by atoms with Crippen LogP contribution in [0.5, 0.6) is 0 Å². The topological polar surface area (TPSA) is 90.5 Å². The Hall–Kier alpha value is -5.00. The Morgan fingerprint density at radius 2 is 1.24 bits per heavy atom. The lowest BCUT2D eigenvalue weighted by atomic mass is 10.0. The molecule has 256 valence electrons. The van der Waals surface area contributed by atoms with Crippen LogP contribution in [0.3, 0.4) is 0 Å². The molecule has 2 amide bonds. The van der Waals surface area contributed by atoms with Gasteiger partial charge in [0.2, 0.25) is 0 Å². The number of nitrogens with one attached hydrogen (secondary N) is 2. The molecule has 2 aliphatic heterocycles. The molecule has 0 atom stereocenters. The van der Waals surface area contributed by atoms with E-state index in [9.17, 15) is 22.8 Å². The summed E-state index contributed by atoms with van der Waals surface area (Å²) >= 11 is 0. The average molecular weight is 675 g/mol. The maximum atomic E-state index is 15.3. The normalized spacial score (nSPS) is 15.7. The standard InChI is InChI=1S/C37H38F4N6O2/c38-28-23-29(34(47-19-7-3-4-8-20-47)32(24-28)45-35(48)25-11-14-42-15-12-25)30-21-26(13-16-43-30)36(49)44-31-22-27(37(39,40)41)9-10-33(31)46-17-5-1-2-6-18-46/h9-16,21-24H,1-8,17-20H2,(H,44,49)(H,45,48). The van der Waals surface area contributed by atoms with Gasteiger partial charge in [-0.15, -0.1) is 0 Å². The first-order chi connectivity index (χ1) is 23.7. The molecule has 49 heavy (non-hydrogen) atoms. The number of amides is 2. The summed E-state index contributed by atoms with van der Waals surface area (Å²) in [5.41, 5.74) is 1.73. The van der Waals surface area contributed by atoms with E-state index in [1.165, 1.54) is 48.9 Å². The summed E-state index contributed by atoms with van der Waals surface area (Å²) in [5, 5.41) is 5.61. The van der Waals surface area contributed by atoms with Crippen molar-refractivity contribution in [3.63, 3.8) is 0 Å². The van der Waals surface area contributed by atoms with E-state index in [0.29, 0.717) is 48.7 Å². The van der Waals surface area contributed by atoms with Crippen molar-refractivity contribution in [2.75, 3.05) is 46.6 Å². The smallest absolute Gasteiger partial charge is 0.370 e. The molecule has 2 saturated heterocycles. The van der Waals surface area contributed by atoms with Crippen LogP contribution in [0.25, 0.3) is 11.3 Å². The van der Waals surface area contributed by atoms with Crippen LogP contribution in [0, 0.1) is 5.82 Å². The number of hydrogen-bond donors (Lipinski definition) is 2. The summed E-state index contributed by atoms with van der Waals surface area (Å²) < 4.78 is 56.6. The fraction of sp³-hybridized carbons (Fsp3) is 0.351. The zero-order chi connectivity index (χ0) is 34.4. The van der Waals surface area contributed by atoms with Gasteiger partial charge in [-0.3, -0.25) is 19.6 Å². The molecule has 0 radical (unpaired) electrons. The minimum atomic E-state index is -4.59. The van der Waals surface area contributed by atoms with E-state index in [0.717, 1.165) is 63.5 Å². The molecule has 0 bridgehead atoms. The molecule has 8 nitrogen and oxygen atoms in total. The molecule has 2 aromatic carbocycles. The minimum absolute atomic E-state index is 0.0669. The number of rotatable bonds is 7. The molecule has 4 aromatic rings. The number of nitrogens with zero attached hydrogens (tertiary/aromatic N) is 4. The van der Waals surface area contributed by atoms with E-state index in [4.69, 9.17) is 0 Å². The Labute approximate surface area is 282 Å². The van der Waals surface area contributed by atoms with E-state index < -0.39 is 29.4 Å². The number of benzene rings is 2. The fourth-order valence-corrected chi connectivity index (χ4v) is 6.54. The lowest BCUT2D eigenvalue weighted by molar-refractivity contribution is -0.137. The van der Waals surface area contributed by atoms with Crippen molar-refractivity contribution in [3.05, 3.63) is 95.7 Å². The summed E-state index contributed by atoms with van der Waals surface area (Å²) in [4.78, 5) is 39.5. The Balaban J connectivity index is 1.37. The molecule has 0 aliphatic carbocycles. The minimum Gasteiger partial charge on any atom is -0.370 e. The number of carbonyl (C=O) groups excluding carboxylic acids is 2. The van der Waals surface area contributed by atoms with Gasteiger partial charge in [-0.05, 0) is 80.3 Å². The quantitative estimate of drug-likeness (QED) is 0.191. The average Bonchev–Trinajstić information content (AvgIpc) is 3.54. The summed E-state index contributed by atoms with van der Waals surface area (Å²) in [6, 6.07) is 12.1. The van der Waals surface area contributed by atoms with Crippen LogP contribution < -0.4 is 20.4 Å². The first-order valence-electron chi connectivity index (χ1n) is 16.7. The largest absolute Gasteiger partial charge is 0.416 e. The van der Waals surface area contributed by atoms with Gasteiger partial charge in [0, 0.05) is 61.5 Å². The predicted octanol–water partition coefficient (Wildman–Crippen LogP) is 8.57. The van der Waals surface area contributed by atoms with Gasteiger partial charge in [0.05, 0.1) is 34.0 Å². The Morgan fingerprint density at radius 3 is 1.90 bits per heavy atom. The third-order valence-corrected chi connectivity index (χ3v) is 9.00. The van der Waals surface area contributed by atoms with Crippen molar-refractivity contribution in [1.29, 1.82) is 0 Å². The molecule has 2 N–H and O–H groups in total. The second-order valence-electron chi connectivity index (χ2n) is 12.5. The van der Waals surface area contributed by atoms with Gasteiger partial charge in [-0.2, -0.15) is 13.2 Å². The van der Waals surface area contributed by atoms with Crippen LogP contribution in [0.4, 0.5) is 40.3 Å². The van der Waals surface area contributed by atoms with Crippen molar-refractivity contribution in [3.8, 4) is 11.3 Å². The summed E-state index contributed by atoms with van der Waals surface area (Å²) in [6.07, 6.45) is 7.58. The molecular formula is C37H38F4N6O2. The highest BCUT2D eigenvalue weighted by Crippen LogP contribution is 2.40. The molecule has 2 aromatic heterocycles. The van der Waals surface area contributed by atoms with Crippen LogP contribution in [0.15, 0.2) is 73.2 Å². The van der Waals surface area contributed by atoms with Gasteiger partial charge >= 0.3 is 6.18 Å². The molecule has 2 fully saturated rings. The zero-order valence-corrected chi connectivity index (χ0v) is 27.0. The second kappa shape index (κ2) is 15.0. The van der Waals surface area contributed by atoms with Crippen LogP contribution in [0.1, 0.15) is 77.6 Å². The highest BCUT2D eigenvalue weighted by atomic mass is 19.4. The molecule has 12 heteroatoms. The van der Waals surface area contributed by atoms with Crippen molar-refractivity contribution < 1.29 is 27.2 Å². The monoisotopic (exact) mass is 674 g/mol. The van der Waals surface area contributed by atoms with E-state index in [-0.39, 0.29) is 22.6 Å². The van der Waals surface area contributed by atoms with Gasteiger partial charge in [-0.1, -0.05) is 25.7 Å². The summed E-state index contributed by atoms with van der Waals surface area (Å²) in [6.45, 7) is 2.69. The summed E-state index contributed by atoms with van der Waals surface area (Å²) in [7, 11) is 0. The van der Waals surface area contributed by atoms with Crippen molar-refractivity contribution in [2.24, 2.45) is 0 Å². The van der Waals surface area contributed by atoms with Crippen LogP contribution in [-0.4, -0.2) is 48.0 Å². The number of anilines is 4. The zero-order valence-electron chi connectivity index (χ0n) is 27.0. The third-order valence-electron chi connectivity index (χ3n) is 9.00. The number of halogens is 4. The highest BCUT2D eigenvalue weighted by molar-refractivity contribution is 6.08. The maximum Gasteiger partial charge on any atom is 0.416 e. The van der Waals surface area contributed by atoms with E-state index in [1.807, 2.05) is 4.90 Å².